The Kier molecular flexibility index (Phi) is 6.88. The number of alkyl halides is 3. The van der Waals surface area contributed by atoms with Crippen molar-refractivity contribution in [3.05, 3.63) is 70.0 Å². The maximum atomic E-state index is 14.0. The summed E-state index contributed by atoms with van der Waals surface area (Å²) < 4.78 is 41.9. The molecular formula is C27H25F3N4O. The average molecular weight is 479 g/mol. The molecule has 1 fully saturated rings. The maximum absolute atomic E-state index is 14.0. The minimum absolute atomic E-state index is 0.119. The summed E-state index contributed by atoms with van der Waals surface area (Å²) in [6.45, 7) is 3.80. The Morgan fingerprint density at radius 3 is 2.69 bits per heavy atom. The summed E-state index contributed by atoms with van der Waals surface area (Å²) in [4.78, 5) is 21.4. The molecule has 0 spiro atoms. The van der Waals surface area contributed by atoms with Gasteiger partial charge in [0.05, 0.1) is 28.4 Å². The Morgan fingerprint density at radius 1 is 1.26 bits per heavy atom. The molecule has 0 atom stereocenters. The number of aromatic nitrogens is 1. The van der Waals surface area contributed by atoms with E-state index < -0.39 is 17.6 Å². The number of nitrogens with zero attached hydrogens (tertiary/aromatic N) is 3. The van der Waals surface area contributed by atoms with Crippen molar-refractivity contribution < 1.29 is 18.0 Å². The van der Waals surface area contributed by atoms with Crippen molar-refractivity contribution in [2.45, 2.75) is 51.6 Å². The first kappa shape index (κ1) is 24.4. The van der Waals surface area contributed by atoms with Gasteiger partial charge in [-0.25, -0.2) is 4.98 Å². The number of benzene rings is 1. The molecular weight excluding hydrogens is 453 g/mol. The Hall–Kier alpha value is -3.73. The number of halogens is 3. The van der Waals surface area contributed by atoms with Crippen LogP contribution in [0.4, 0.5) is 18.9 Å². The third kappa shape index (κ3) is 5.68. The number of nitrogens with one attached hydrogen (secondary N) is 1. The van der Waals surface area contributed by atoms with Gasteiger partial charge >= 0.3 is 6.18 Å². The topological polar surface area (TPSA) is 78.1 Å². The van der Waals surface area contributed by atoms with Crippen LogP contribution in [0.15, 0.2) is 58.1 Å². The first-order chi connectivity index (χ1) is 16.7. The van der Waals surface area contributed by atoms with Gasteiger partial charge in [-0.05, 0) is 81.4 Å². The van der Waals surface area contributed by atoms with E-state index in [1.807, 2.05) is 13.0 Å². The lowest BCUT2D eigenvalue weighted by Gasteiger charge is -2.15. The molecule has 1 amide bonds. The van der Waals surface area contributed by atoms with Crippen molar-refractivity contribution in [1.29, 1.82) is 5.26 Å². The second-order valence-corrected chi connectivity index (χ2v) is 8.88. The number of amides is 1. The van der Waals surface area contributed by atoms with Crippen LogP contribution in [0.3, 0.4) is 0 Å². The fourth-order valence-electron chi connectivity index (χ4n) is 4.10. The molecule has 2 aromatic rings. The van der Waals surface area contributed by atoms with Gasteiger partial charge in [-0.2, -0.15) is 18.4 Å². The zero-order valence-corrected chi connectivity index (χ0v) is 19.5. The predicted molar refractivity (Wildman–Crippen MR) is 130 cm³/mol. The van der Waals surface area contributed by atoms with Gasteiger partial charge in [0, 0.05) is 18.1 Å². The molecule has 0 unspecified atom stereocenters. The van der Waals surface area contributed by atoms with Crippen molar-refractivity contribution in [2.24, 2.45) is 4.99 Å². The van der Waals surface area contributed by atoms with Crippen molar-refractivity contribution in [3.8, 4) is 6.07 Å². The second kappa shape index (κ2) is 9.87. The fourth-order valence-corrected chi connectivity index (χ4v) is 4.10. The number of carbonyl (C=O) groups is 1. The molecule has 35 heavy (non-hydrogen) atoms. The molecule has 0 saturated heterocycles. The maximum Gasteiger partial charge on any atom is 0.418 e. The van der Waals surface area contributed by atoms with Crippen LogP contribution in [-0.4, -0.2) is 23.7 Å². The van der Waals surface area contributed by atoms with E-state index in [1.54, 1.807) is 25.1 Å². The van der Waals surface area contributed by atoms with Crippen molar-refractivity contribution in [1.82, 2.24) is 10.3 Å². The number of nitriles is 1. The second-order valence-electron chi connectivity index (χ2n) is 8.88. The van der Waals surface area contributed by atoms with Crippen LogP contribution < -0.4 is 5.32 Å². The molecule has 2 aliphatic rings. The van der Waals surface area contributed by atoms with Gasteiger partial charge in [0.2, 0.25) is 0 Å². The third-order valence-corrected chi connectivity index (χ3v) is 6.11. The molecule has 1 aromatic heterocycles. The highest BCUT2D eigenvalue weighted by molar-refractivity contribution is 6.01. The lowest BCUT2D eigenvalue weighted by Crippen LogP contribution is -2.26. The molecule has 0 aliphatic heterocycles. The summed E-state index contributed by atoms with van der Waals surface area (Å²) in [6, 6.07) is 6.42. The number of fused-ring (bicyclic) bond motifs is 1. The summed E-state index contributed by atoms with van der Waals surface area (Å²) in [6.07, 6.45) is 5.34. The minimum atomic E-state index is -4.61. The molecule has 0 radical (unpaired) electrons. The van der Waals surface area contributed by atoms with E-state index in [-0.39, 0.29) is 34.7 Å². The summed E-state index contributed by atoms with van der Waals surface area (Å²) in [7, 11) is 0. The highest BCUT2D eigenvalue weighted by atomic mass is 19.4. The van der Waals surface area contributed by atoms with Crippen LogP contribution in [0, 0.1) is 11.3 Å². The van der Waals surface area contributed by atoms with Crippen LogP contribution in [-0.2, 0) is 6.18 Å². The van der Waals surface area contributed by atoms with Crippen LogP contribution in [0.5, 0.6) is 0 Å². The third-order valence-electron chi connectivity index (χ3n) is 6.11. The number of rotatable bonds is 5. The zero-order chi connectivity index (χ0) is 25.2. The van der Waals surface area contributed by atoms with Gasteiger partial charge < -0.3 is 5.32 Å². The number of carbonyl (C=O) groups excluding carboxylic acids is 1. The van der Waals surface area contributed by atoms with Crippen molar-refractivity contribution in [3.63, 3.8) is 0 Å². The standard InChI is InChI=1S/C27H25F3N4O/c1-3-32-23-13-24(26(35)33-15-17-5-4-16(2)10-18(14-31)7-6-17)34-25-21(23)11-20(19-8-9-19)12-22(25)27(28,29)30/h3,6-7,10-13,19H,4-5,8-9,15H2,1-2H3,(H,33,35)/b16-10?,17-6+,18-7+,32-3?. The Balaban J connectivity index is 1.68. The molecule has 1 aromatic carbocycles. The van der Waals surface area contributed by atoms with Crippen molar-refractivity contribution >= 4 is 28.7 Å². The van der Waals surface area contributed by atoms with E-state index in [1.165, 1.54) is 12.3 Å². The zero-order valence-electron chi connectivity index (χ0n) is 19.5. The molecule has 1 saturated carbocycles. The first-order valence-corrected chi connectivity index (χ1v) is 11.5. The summed E-state index contributed by atoms with van der Waals surface area (Å²) in [5.41, 5.74) is 2.13. The van der Waals surface area contributed by atoms with E-state index in [4.69, 9.17) is 0 Å². The van der Waals surface area contributed by atoms with Gasteiger partial charge in [-0.1, -0.05) is 17.2 Å². The minimum Gasteiger partial charge on any atom is -0.347 e. The van der Waals surface area contributed by atoms with Gasteiger partial charge in [0.15, 0.2) is 0 Å². The number of hydrogen-bond donors (Lipinski definition) is 1. The normalized spacial score (nSPS) is 19.7. The summed E-state index contributed by atoms with van der Waals surface area (Å²) in [5.74, 6) is -0.466. The SMILES string of the molecule is CC=Nc1cc(C(=O)NC/C2=C/C=C(/C#N)C=C(C)CC2)nc2c(C(F)(F)F)cc(C3CC3)cc12. The number of hydrogen-bond acceptors (Lipinski definition) is 4. The Morgan fingerprint density at radius 2 is 2.03 bits per heavy atom. The van der Waals surface area contributed by atoms with Crippen LogP contribution in [0.2, 0.25) is 0 Å². The monoisotopic (exact) mass is 478 g/mol. The molecule has 0 bridgehead atoms. The van der Waals surface area contributed by atoms with E-state index in [0.717, 1.165) is 36.5 Å². The van der Waals surface area contributed by atoms with Crippen LogP contribution in [0.1, 0.15) is 67.1 Å². The predicted octanol–water partition coefficient (Wildman–Crippen LogP) is 6.70. The van der Waals surface area contributed by atoms with Gasteiger partial charge in [-0.3, -0.25) is 9.79 Å². The quantitative estimate of drug-likeness (QED) is 0.486. The van der Waals surface area contributed by atoms with E-state index in [2.05, 4.69) is 21.4 Å². The fraction of sp³-hybridized carbons (Fsp3) is 0.333. The first-order valence-electron chi connectivity index (χ1n) is 11.5. The van der Waals surface area contributed by atoms with Gasteiger partial charge in [-0.15, -0.1) is 0 Å². The number of allylic oxidation sites excluding steroid dienone is 5. The average Bonchev–Trinajstić information content (AvgIpc) is 3.65. The molecule has 5 nitrogen and oxygen atoms in total. The summed E-state index contributed by atoms with van der Waals surface area (Å²) >= 11 is 0. The van der Waals surface area contributed by atoms with E-state index in [9.17, 15) is 23.2 Å². The van der Waals surface area contributed by atoms with Crippen LogP contribution in [0.25, 0.3) is 10.9 Å². The molecule has 4 rings (SSSR count). The largest absolute Gasteiger partial charge is 0.418 e. The summed E-state index contributed by atoms with van der Waals surface area (Å²) in [5, 5.41) is 12.3. The molecule has 1 heterocycles. The Bertz CT molecular complexity index is 1340. The van der Waals surface area contributed by atoms with Gasteiger partial charge in [0.25, 0.3) is 5.91 Å². The molecule has 180 valence electrons. The van der Waals surface area contributed by atoms with Crippen molar-refractivity contribution in [2.75, 3.05) is 6.54 Å². The lowest BCUT2D eigenvalue weighted by atomic mass is 9.99. The highest BCUT2D eigenvalue weighted by Gasteiger charge is 2.36. The van der Waals surface area contributed by atoms with Gasteiger partial charge in [0.1, 0.15) is 5.69 Å². The number of pyridine rings is 1. The van der Waals surface area contributed by atoms with E-state index in [0.29, 0.717) is 17.6 Å². The van der Waals surface area contributed by atoms with E-state index >= 15 is 0 Å². The molecule has 8 heteroatoms. The van der Waals surface area contributed by atoms with Crippen LogP contribution >= 0.6 is 0 Å². The smallest absolute Gasteiger partial charge is 0.347 e. The number of aliphatic imine (C=N–C) groups is 1. The molecule has 1 N–H and O–H groups in total. The lowest BCUT2D eigenvalue weighted by molar-refractivity contribution is -0.136. The highest BCUT2D eigenvalue weighted by Crippen LogP contribution is 2.45. The molecule has 2 aliphatic carbocycles. The Labute approximate surface area is 201 Å².